The van der Waals surface area contributed by atoms with Crippen molar-refractivity contribution >= 4 is 23.4 Å². The van der Waals surface area contributed by atoms with Gasteiger partial charge in [-0.15, -0.1) is 10.2 Å². The molecule has 0 aliphatic rings. The van der Waals surface area contributed by atoms with Gasteiger partial charge in [0.15, 0.2) is 5.82 Å². The third-order valence-electron chi connectivity index (χ3n) is 3.59. The van der Waals surface area contributed by atoms with Crippen LogP contribution < -0.4 is 16.0 Å². The topological polar surface area (TPSA) is 105 Å². The zero-order valence-corrected chi connectivity index (χ0v) is 14.6. The van der Waals surface area contributed by atoms with Crippen LogP contribution in [0.25, 0.3) is 0 Å². The molecule has 0 bridgehead atoms. The molecule has 134 valence electrons. The Bertz CT molecular complexity index is 861. The van der Waals surface area contributed by atoms with E-state index in [1.807, 2.05) is 31.2 Å². The second kappa shape index (κ2) is 8.11. The summed E-state index contributed by atoms with van der Waals surface area (Å²) >= 11 is 0. The monoisotopic (exact) mass is 352 g/mol. The van der Waals surface area contributed by atoms with Gasteiger partial charge in [0.1, 0.15) is 23.2 Å². The number of anilines is 3. The van der Waals surface area contributed by atoms with Crippen LogP contribution in [0.1, 0.15) is 21.9 Å². The number of pyridine rings is 1. The van der Waals surface area contributed by atoms with Crippen LogP contribution in [0.5, 0.6) is 0 Å². The average Bonchev–Trinajstić information content (AvgIpc) is 2.99. The van der Waals surface area contributed by atoms with Crippen molar-refractivity contribution in [1.82, 2.24) is 20.5 Å². The standard InChI is InChI=1S/C18H20N6O2/c1-12-11-14(13(2)26-12)18(25)21-10-9-20-16-6-7-17(24-23-16)22-15-5-3-4-8-19-15/h3-8,11H,9-10H2,1-2H3,(H,20,23)(H,21,25)(H,19,22,24). The summed E-state index contributed by atoms with van der Waals surface area (Å²) < 4.78 is 5.36. The number of carbonyl (C=O) groups excluding carboxylic acids is 1. The summed E-state index contributed by atoms with van der Waals surface area (Å²) in [5.41, 5.74) is 0.562. The highest BCUT2D eigenvalue weighted by atomic mass is 16.3. The van der Waals surface area contributed by atoms with Crippen LogP contribution >= 0.6 is 0 Å². The van der Waals surface area contributed by atoms with Crippen LogP contribution in [-0.4, -0.2) is 34.2 Å². The maximum atomic E-state index is 12.1. The molecule has 3 aromatic heterocycles. The molecule has 26 heavy (non-hydrogen) atoms. The summed E-state index contributed by atoms with van der Waals surface area (Å²) in [5, 5.41) is 17.2. The van der Waals surface area contributed by atoms with Crippen LogP contribution in [0.2, 0.25) is 0 Å². The minimum Gasteiger partial charge on any atom is -0.466 e. The third-order valence-corrected chi connectivity index (χ3v) is 3.59. The zero-order chi connectivity index (χ0) is 18.4. The molecular weight excluding hydrogens is 332 g/mol. The van der Waals surface area contributed by atoms with Crippen molar-refractivity contribution in [3.8, 4) is 0 Å². The van der Waals surface area contributed by atoms with Gasteiger partial charge in [0, 0.05) is 19.3 Å². The fourth-order valence-electron chi connectivity index (χ4n) is 2.38. The summed E-state index contributed by atoms with van der Waals surface area (Å²) in [6.45, 7) is 4.58. The van der Waals surface area contributed by atoms with Crippen molar-refractivity contribution in [2.24, 2.45) is 0 Å². The lowest BCUT2D eigenvalue weighted by molar-refractivity contribution is 0.0953. The Morgan fingerprint density at radius 2 is 1.85 bits per heavy atom. The molecule has 0 aromatic carbocycles. The molecule has 0 atom stereocenters. The molecule has 0 saturated heterocycles. The molecule has 0 saturated carbocycles. The molecular formula is C18H20N6O2. The van der Waals surface area contributed by atoms with E-state index in [1.165, 1.54) is 0 Å². The number of furan rings is 1. The zero-order valence-electron chi connectivity index (χ0n) is 14.6. The molecule has 0 fully saturated rings. The number of hydrogen-bond acceptors (Lipinski definition) is 7. The lowest BCUT2D eigenvalue weighted by atomic mass is 10.2. The van der Waals surface area contributed by atoms with Crippen LogP contribution in [-0.2, 0) is 0 Å². The minimum absolute atomic E-state index is 0.151. The molecule has 8 nitrogen and oxygen atoms in total. The Labute approximate surface area is 151 Å². The highest BCUT2D eigenvalue weighted by Gasteiger charge is 2.12. The number of hydrogen-bond donors (Lipinski definition) is 3. The summed E-state index contributed by atoms with van der Waals surface area (Å²) in [6.07, 6.45) is 1.70. The fraction of sp³-hybridized carbons (Fsp3) is 0.222. The van der Waals surface area contributed by atoms with E-state index in [-0.39, 0.29) is 5.91 Å². The molecule has 3 heterocycles. The largest absolute Gasteiger partial charge is 0.466 e. The van der Waals surface area contributed by atoms with Gasteiger partial charge in [-0.05, 0) is 44.2 Å². The van der Waals surface area contributed by atoms with Crippen molar-refractivity contribution < 1.29 is 9.21 Å². The van der Waals surface area contributed by atoms with E-state index < -0.39 is 0 Å². The first kappa shape index (κ1) is 17.4. The van der Waals surface area contributed by atoms with Gasteiger partial charge in [-0.2, -0.15) is 0 Å². The number of nitrogens with one attached hydrogen (secondary N) is 3. The Kier molecular flexibility index (Phi) is 5.43. The predicted molar refractivity (Wildman–Crippen MR) is 98.6 cm³/mol. The minimum atomic E-state index is -0.151. The highest BCUT2D eigenvalue weighted by molar-refractivity contribution is 5.95. The van der Waals surface area contributed by atoms with E-state index in [1.54, 1.807) is 25.3 Å². The number of aryl methyl sites for hydroxylation is 2. The molecule has 0 unspecified atom stereocenters. The predicted octanol–water partition coefficient (Wildman–Crippen LogP) is 2.67. The first-order valence-electron chi connectivity index (χ1n) is 8.23. The number of carbonyl (C=O) groups is 1. The van der Waals surface area contributed by atoms with Gasteiger partial charge in [0.2, 0.25) is 0 Å². The van der Waals surface area contributed by atoms with Crippen LogP contribution in [0, 0.1) is 13.8 Å². The summed E-state index contributed by atoms with van der Waals surface area (Å²) in [4.78, 5) is 16.2. The fourth-order valence-corrected chi connectivity index (χ4v) is 2.38. The second-order valence-corrected chi connectivity index (χ2v) is 5.65. The van der Waals surface area contributed by atoms with E-state index >= 15 is 0 Å². The van der Waals surface area contributed by atoms with Crippen molar-refractivity contribution in [1.29, 1.82) is 0 Å². The van der Waals surface area contributed by atoms with Crippen LogP contribution in [0.4, 0.5) is 17.5 Å². The van der Waals surface area contributed by atoms with Gasteiger partial charge >= 0.3 is 0 Å². The smallest absolute Gasteiger partial charge is 0.254 e. The van der Waals surface area contributed by atoms with E-state index in [9.17, 15) is 4.79 Å². The van der Waals surface area contributed by atoms with Crippen molar-refractivity contribution in [2.45, 2.75) is 13.8 Å². The quantitative estimate of drug-likeness (QED) is 0.561. The molecule has 1 amide bonds. The molecule has 3 rings (SSSR count). The Balaban J connectivity index is 1.43. The van der Waals surface area contributed by atoms with E-state index in [2.05, 4.69) is 31.1 Å². The van der Waals surface area contributed by atoms with Crippen LogP contribution in [0.3, 0.4) is 0 Å². The van der Waals surface area contributed by atoms with Gasteiger partial charge in [-0.25, -0.2) is 4.98 Å². The van der Waals surface area contributed by atoms with Crippen molar-refractivity contribution in [2.75, 3.05) is 23.7 Å². The molecule has 8 heteroatoms. The van der Waals surface area contributed by atoms with Crippen LogP contribution in [0.15, 0.2) is 47.0 Å². The molecule has 3 N–H and O–H groups in total. The third kappa shape index (κ3) is 4.56. The molecule has 0 aliphatic heterocycles. The highest BCUT2D eigenvalue weighted by Crippen LogP contribution is 2.13. The lowest BCUT2D eigenvalue weighted by Crippen LogP contribution is -2.29. The van der Waals surface area contributed by atoms with Gasteiger partial charge in [0.25, 0.3) is 5.91 Å². The first-order chi connectivity index (χ1) is 12.6. The van der Waals surface area contributed by atoms with Gasteiger partial charge in [0.05, 0.1) is 5.56 Å². The Morgan fingerprint density at radius 1 is 1.04 bits per heavy atom. The Morgan fingerprint density at radius 3 is 2.50 bits per heavy atom. The van der Waals surface area contributed by atoms with Gasteiger partial charge < -0.3 is 20.4 Å². The van der Waals surface area contributed by atoms with E-state index in [0.29, 0.717) is 41.9 Å². The summed E-state index contributed by atoms with van der Waals surface area (Å²) in [6, 6.07) is 10.9. The SMILES string of the molecule is Cc1cc(C(=O)NCCNc2ccc(Nc3ccccn3)nn2)c(C)o1. The summed E-state index contributed by atoms with van der Waals surface area (Å²) in [5.74, 6) is 3.13. The molecule has 3 aromatic rings. The first-order valence-corrected chi connectivity index (χ1v) is 8.23. The lowest BCUT2D eigenvalue weighted by Gasteiger charge is -2.08. The van der Waals surface area contributed by atoms with E-state index in [4.69, 9.17) is 4.42 Å². The Hall–Kier alpha value is -3.42. The number of rotatable bonds is 7. The van der Waals surface area contributed by atoms with Crippen molar-refractivity contribution in [3.63, 3.8) is 0 Å². The number of nitrogens with zero attached hydrogens (tertiary/aromatic N) is 3. The average molecular weight is 352 g/mol. The van der Waals surface area contributed by atoms with Crippen molar-refractivity contribution in [3.05, 3.63) is 59.7 Å². The molecule has 0 radical (unpaired) electrons. The summed E-state index contributed by atoms with van der Waals surface area (Å²) in [7, 11) is 0. The molecule has 0 aliphatic carbocycles. The van der Waals surface area contributed by atoms with Gasteiger partial charge in [-0.3, -0.25) is 4.79 Å². The maximum absolute atomic E-state index is 12.1. The van der Waals surface area contributed by atoms with E-state index in [0.717, 1.165) is 5.76 Å². The number of aromatic nitrogens is 3. The number of amides is 1. The molecule has 0 spiro atoms. The maximum Gasteiger partial charge on any atom is 0.254 e. The normalized spacial score (nSPS) is 10.4. The second-order valence-electron chi connectivity index (χ2n) is 5.65. The van der Waals surface area contributed by atoms with Gasteiger partial charge in [-0.1, -0.05) is 6.07 Å².